The highest BCUT2D eigenvalue weighted by molar-refractivity contribution is 5.53. The molecular weight excluding hydrogens is 308 g/mol. The molecule has 0 spiro atoms. The summed E-state index contributed by atoms with van der Waals surface area (Å²) in [6.45, 7) is 4.16. The Labute approximate surface area is 147 Å². The standard InChI is InChI=1S/C21H19N4/c1-16-8-12-19(13-9-16)24-22-21(18-6-4-3-5-7-18)23-25(24)20-14-10-17(2)11-15-20/h3-15H,1-2H3/q+1. The van der Waals surface area contributed by atoms with Gasteiger partial charge in [0, 0.05) is 4.80 Å². The normalized spacial score (nSPS) is 10.8. The van der Waals surface area contributed by atoms with Gasteiger partial charge in [0.2, 0.25) is 0 Å². The van der Waals surface area contributed by atoms with Crippen LogP contribution in [-0.2, 0) is 0 Å². The van der Waals surface area contributed by atoms with E-state index in [1.54, 1.807) is 0 Å². The van der Waals surface area contributed by atoms with Gasteiger partial charge in [-0.1, -0.05) is 53.6 Å². The lowest BCUT2D eigenvalue weighted by atomic mass is 10.2. The predicted molar refractivity (Wildman–Crippen MR) is 97.8 cm³/mol. The van der Waals surface area contributed by atoms with E-state index in [9.17, 15) is 0 Å². The molecule has 4 heteroatoms. The lowest BCUT2D eigenvalue weighted by Gasteiger charge is -2.00. The molecule has 0 aliphatic rings. The van der Waals surface area contributed by atoms with E-state index in [-0.39, 0.29) is 0 Å². The number of benzene rings is 3. The highest BCUT2D eigenvalue weighted by Gasteiger charge is 2.23. The van der Waals surface area contributed by atoms with Crippen molar-refractivity contribution in [1.29, 1.82) is 0 Å². The van der Waals surface area contributed by atoms with Crippen molar-refractivity contribution in [2.24, 2.45) is 0 Å². The van der Waals surface area contributed by atoms with E-state index in [1.165, 1.54) is 11.1 Å². The van der Waals surface area contributed by atoms with E-state index >= 15 is 0 Å². The van der Waals surface area contributed by atoms with Crippen LogP contribution in [0.3, 0.4) is 0 Å². The SMILES string of the molecule is Cc1ccc(-n2nc(-c3ccccc3)n[n+]2-c2ccc(C)cc2)cc1. The molecule has 122 valence electrons. The van der Waals surface area contributed by atoms with Crippen LogP contribution in [0.25, 0.3) is 22.8 Å². The second-order valence-electron chi connectivity index (χ2n) is 6.14. The van der Waals surface area contributed by atoms with Crippen molar-refractivity contribution in [2.45, 2.75) is 13.8 Å². The van der Waals surface area contributed by atoms with Crippen molar-refractivity contribution in [3.63, 3.8) is 0 Å². The molecule has 0 aliphatic carbocycles. The van der Waals surface area contributed by atoms with Gasteiger partial charge in [-0.15, -0.1) is 0 Å². The lowest BCUT2D eigenvalue weighted by molar-refractivity contribution is -0.734. The Balaban J connectivity index is 1.89. The van der Waals surface area contributed by atoms with Crippen LogP contribution in [-0.4, -0.2) is 15.0 Å². The molecule has 0 fully saturated rings. The number of hydrogen-bond acceptors (Lipinski definition) is 2. The van der Waals surface area contributed by atoms with Crippen molar-refractivity contribution >= 4 is 0 Å². The Morgan fingerprint density at radius 1 is 0.720 bits per heavy atom. The number of nitrogens with zero attached hydrogens (tertiary/aromatic N) is 4. The van der Waals surface area contributed by atoms with Crippen LogP contribution >= 0.6 is 0 Å². The van der Waals surface area contributed by atoms with E-state index in [0.29, 0.717) is 5.82 Å². The smallest absolute Gasteiger partial charge is 0.0622 e. The Hall–Kier alpha value is -3.27. The van der Waals surface area contributed by atoms with Crippen LogP contribution in [0.5, 0.6) is 0 Å². The highest BCUT2D eigenvalue weighted by Crippen LogP contribution is 2.15. The summed E-state index contributed by atoms with van der Waals surface area (Å²) in [5, 5.41) is 9.50. The first-order valence-electron chi connectivity index (χ1n) is 8.30. The van der Waals surface area contributed by atoms with Gasteiger partial charge in [0.15, 0.2) is 5.69 Å². The topological polar surface area (TPSA) is 34.6 Å². The van der Waals surface area contributed by atoms with E-state index in [2.05, 4.69) is 62.4 Å². The summed E-state index contributed by atoms with van der Waals surface area (Å²) >= 11 is 0. The first-order valence-corrected chi connectivity index (χ1v) is 8.30. The van der Waals surface area contributed by atoms with E-state index < -0.39 is 0 Å². The van der Waals surface area contributed by atoms with Gasteiger partial charge >= 0.3 is 5.82 Å². The largest absolute Gasteiger partial charge is 0.340 e. The molecule has 4 aromatic rings. The Morgan fingerprint density at radius 2 is 1.32 bits per heavy atom. The summed E-state index contributed by atoms with van der Waals surface area (Å²) in [6, 6.07) is 26.6. The Morgan fingerprint density at radius 3 is 1.96 bits per heavy atom. The van der Waals surface area contributed by atoms with Crippen LogP contribution in [0.2, 0.25) is 0 Å². The van der Waals surface area contributed by atoms with Crippen LogP contribution in [0.4, 0.5) is 0 Å². The van der Waals surface area contributed by atoms with Gasteiger partial charge in [-0.2, -0.15) is 0 Å². The fourth-order valence-corrected chi connectivity index (χ4v) is 2.68. The molecule has 0 bridgehead atoms. The van der Waals surface area contributed by atoms with E-state index in [1.807, 2.05) is 39.9 Å². The molecule has 1 aromatic heterocycles. The number of hydrogen-bond donors (Lipinski definition) is 0. The second-order valence-corrected chi connectivity index (χ2v) is 6.14. The molecule has 25 heavy (non-hydrogen) atoms. The minimum atomic E-state index is 0.696. The number of rotatable bonds is 3. The fourth-order valence-electron chi connectivity index (χ4n) is 2.68. The highest BCUT2D eigenvalue weighted by atomic mass is 15.7. The molecule has 0 radical (unpaired) electrons. The van der Waals surface area contributed by atoms with Crippen molar-refractivity contribution in [3.05, 3.63) is 90.0 Å². The van der Waals surface area contributed by atoms with Crippen molar-refractivity contribution in [3.8, 4) is 22.8 Å². The fraction of sp³-hybridized carbons (Fsp3) is 0.0952. The second kappa shape index (κ2) is 6.32. The summed E-state index contributed by atoms with van der Waals surface area (Å²) in [5.74, 6) is 0.696. The summed E-state index contributed by atoms with van der Waals surface area (Å²) in [4.78, 5) is 3.68. The first kappa shape index (κ1) is 15.3. The van der Waals surface area contributed by atoms with Gasteiger partial charge in [0.1, 0.15) is 5.69 Å². The van der Waals surface area contributed by atoms with Gasteiger partial charge in [-0.3, -0.25) is 0 Å². The number of aromatic nitrogens is 4. The maximum Gasteiger partial charge on any atom is 0.340 e. The maximum atomic E-state index is 4.75. The lowest BCUT2D eigenvalue weighted by Crippen LogP contribution is -2.43. The van der Waals surface area contributed by atoms with Gasteiger partial charge in [0.05, 0.1) is 10.7 Å². The number of aryl methyl sites for hydroxylation is 2. The van der Waals surface area contributed by atoms with Crippen LogP contribution < -0.4 is 4.80 Å². The molecule has 4 nitrogen and oxygen atoms in total. The third-order valence-corrected chi connectivity index (χ3v) is 4.12. The molecule has 0 N–H and O–H groups in total. The predicted octanol–water partition coefficient (Wildman–Crippen LogP) is 3.83. The quantitative estimate of drug-likeness (QED) is 0.536. The molecule has 0 aliphatic heterocycles. The van der Waals surface area contributed by atoms with Gasteiger partial charge in [-0.25, -0.2) is 0 Å². The monoisotopic (exact) mass is 327 g/mol. The molecule has 0 saturated carbocycles. The molecule has 4 rings (SSSR count). The van der Waals surface area contributed by atoms with Crippen molar-refractivity contribution < 1.29 is 4.80 Å². The Kier molecular flexibility index (Phi) is 3.86. The first-order chi connectivity index (χ1) is 12.2. The zero-order valence-electron chi connectivity index (χ0n) is 14.3. The van der Waals surface area contributed by atoms with Gasteiger partial charge < -0.3 is 0 Å². The van der Waals surface area contributed by atoms with Crippen molar-refractivity contribution in [2.75, 3.05) is 0 Å². The summed E-state index contributed by atoms with van der Waals surface area (Å²) < 4.78 is 0. The van der Waals surface area contributed by atoms with Gasteiger partial charge in [-0.05, 0) is 60.1 Å². The molecule has 3 aromatic carbocycles. The Bertz CT molecular complexity index is 922. The molecular formula is C21H19N4+. The number of tetrazole rings is 1. The third-order valence-electron chi connectivity index (χ3n) is 4.12. The average molecular weight is 327 g/mol. The van der Waals surface area contributed by atoms with Crippen molar-refractivity contribution in [1.82, 2.24) is 15.0 Å². The average Bonchev–Trinajstić information content (AvgIpc) is 3.09. The van der Waals surface area contributed by atoms with Gasteiger partial charge in [0.25, 0.3) is 0 Å². The molecule has 0 amide bonds. The minimum absolute atomic E-state index is 0.696. The minimum Gasteiger partial charge on any atom is -0.0622 e. The third kappa shape index (κ3) is 3.06. The van der Waals surface area contributed by atoms with E-state index in [0.717, 1.165) is 16.9 Å². The molecule has 0 atom stereocenters. The molecule has 1 heterocycles. The van der Waals surface area contributed by atoms with Crippen LogP contribution in [0.1, 0.15) is 11.1 Å². The van der Waals surface area contributed by atoms with E-state index in [4.69, 9.17) is 10.2 Å². The summed E-state index contributed by atoms with van der Waals surface area (Å²) in [5.41, 5.74) is 5.37. The van der Waals surface area contributed by atoms with Crippen LogP contribution in [0.15, 0.2) is 78.9 Å². The van der Waals surface area contributed by atoms with Crippen LogP contribution in [0, 0.1) is 13.8 Å². The zero-order valence-corrected chi connectivity index (χ0v) is 14.3. The summed E-state index contributed by atoms with van der Waals surface area (Å²) in [6.07, 6.45) is 0. The zero-order chi connectivity index (χ0) is 17.2. The maximum absolute atomic E-state index is 4.75. The summed E-state index contributed by atoms with van der Waals surface area (Å²) in [7, 11) is 0. The molecule has 0 unspecified atom stereocenters. The molecule has 0 saturated heterocycles.